The van der Waals surface area contributed by atoms with Crippen molar-refractivity contribution < 1.29 is 8.60 Å². The number of fused-ring (bicyclic) bond motifs is 1. The van der Waals surface area contributed by atoms with Crippen molar-refractivity contribution in [2.24, 2.45) is 0 Å². The average Bonchev–Trinajstić information content (AvgIpc) is 3.14. The predicted molar refractivity (Wildman–Crippen MR) is 104 cm³/mol. The monoisotopic (exact) mass is 403 g/mol. The maximum Gasteiger partial charge on any atom is 0.214 e. The van der Waals surface area contributed by atoms with Gasteiger partial charge in [0, 0.05) is 22.1 Å². The third-order valence-electron chi connectivity index (χ3n) is 3.83. The Morgan fingerprint density at radius 3 is 2.73 bits per heavy atom. The number of benzene rings is 3. The second-order valence-corrected chi connectivity index (χ2v) is 7.86. The molecule has 0 saturated heterocycles. The molecule has 0 aliphatic heterocycles. The van der Waals surface area contributed by atoms with Crippen LogP contribution in [0, 0.1) is 5.82 Å². The van der Waals surface area contributed by atoms with Crippen LogP contribution in [0.5, 0.6) is 0 Å². The summed E-state index contributed by atoms with van der Waals surface area (Å²) in [5.74, 6) is -0.379. The molecule has 130 valence electrons. The maximum absolute atomic E-state index is 14.3. The predicted octanol–water partition coefficient (Wildman–Crippen LogP) is 5.29. The van der Waals surface area contributed by atoms with Crippen molar-refractivity contribution in [3.63, 3.8) is 0 Å². The Kier molecular flexibility index (Phi) is 4.67. The first-order valence-electron chi connectivity index (χ1n) is 7.55. The third kappa shape index (κ3) is 3.33. The molecular weight excluding hydrogens is 393 g/mol. The number of anilines is 1. The first-order valence-corrected chi connectivity index (χ1v) is 9.85. The Hall–Kier alpha value is -2.35. The zero-order valence-electron chi connectivity index (χ0n) is 13.1. The number of nitrogens with zero attached hydrogens (tertiary/aromatic N) is 2. The summed E-state index contributed by atoms with van der Waals surface area (Å²) < 4.78 is 33.5. The highest BCUT2D eigenvalue weighted by Crippen LogP contribution is 2.32. The molecule has 0 bridgehead atoms. The van der Waals surface area contributed by atoms with Gasteiger partial charge in [0.1, 0.15) is 12.1 Å². The van der Waals surface area contributed by atoms with E-state index in [9.17, 15) is 8.60 Å². The van der Waals surface area contributed by atoms with Crippen LogP contribution >= 0.6 is 23.1 Å². The van der Waals surface area contributed by atoms with Gasteiger partial charge in [0.15, 0.2) is 11.0 Å². The molecule has 0 aliphatic carbocycles. The Bertz CT molecular complexity index is 1120. The molecule has 4 aromatic rings. The Morgan fingerprint density at radius 2 is 1.96 bits per heavy atom. The number of rotatable bonds is 4. The lowest BCUT2D eigenvalue weighted by atomic mass is 9.98. The van der Waals surface area contributed by atoms with Crippen molar-refractivity contribution in [3.8, 4) is 11.1 Å². The van der Waals surface area contributed by atoms with E-state index in [2.05, 4.69) is 14.1 Å². The van der Waals surface area contributed by atoms with Crippen LogP contribution < -0.4 is 4.72 Å². The minimum Gasteiger partial charge on any atom is -0.275 e. The average molecular weight is 404 g/mol. The van der Waals surface area contributed by atoms with Gasteiger partial charge >= 0.3 is 0 Å². The van der Waals surface area contributed by atoms with E-state index in [0.29, 0.717) is 20.6 Å². The molecule has 0 spiro atoms. The van der Waals surface area contributed by atoms with Crippen LogP contribution in [0.3, 0.4) is 0 Å². The van der Waals surface area contributed by atoms with Crippen LogP contribution in [0.1, 0.15) is 0 Å². The molecule has 3 aromatic carbocycles. The van der Waals surface area contributed by atoms with Gasteiger partial charge in [-0.05, 0) is 46.7 Å². The highest BCUT2D eigenvalue weighted by molar-refractivity contribution is 7.86. The van der Waals surface area contributed by atoms with Crippen molar-refractivity contribution >= 4 is 50.0 Å². The summed E-state index contributed by atoms with van der Waals surface area (Å²) in [4.78, 5) is 4.56. The molecule has 1 heterocycles. The van der Waals surface area contributed by atoms with Crippen LogP contribution in [0.25, 0.3) is 21.9 Å². The number of aromatic nitrogens is 2. The van der Waals surface area contributed by atoms with E-state index in [4.69, 9.17) is 11.6 Å². The van der Waals surface area contributed by atoms with E-state index in [0.717, 1.165) is 27.9 Å². The van der Waals surface area contributed by atoms with E-state index in [-0.39, 0.29) is 5.82 Å². The molecule has 26 heavy (non-hydrogen) atoms. The molecule has 0 amide bonds. The van der Waals surface area contributed by atoms with E-state index in [1.54, 1.807) is 18.2 Å². The van der Waals surface area contributed by atoms with Gasteiger partial charge in [-0.1, -0.05) is 35.9 Å². The largest absolute Gasteiger partial charge is 0.275 e. The lowest BCUT2D eigenvalue weighted by molar-refractivity contribution is 0.631. The quantitative estimate of drug-likeness (QED) is 0.504. The van der Waals surface area contributed by atoms with Gasteiger partial charge in [-0.25, -0.2) is 13.6 Å². The van der Waals surface area contributed by atoms with Gasteiger partial charge < -0.3 is 0 Å². The van der Waals surface area contributed by atoms with Crippen molar-refractivity contribution in [1.29, 1.82) is 0 Å². The normalized spacial score (nSPS) is 12.2. The van der Waals surface area contributed by atoms with Crippen molar-refractivity contribution in [1.82, 2.24) is 9.36 Å². The summed E-state index contributed by atoms with van der Waals surface area (Å²) in [6.07, 6.45) is 1.40. The van der Waals surface area contributed by atoms with Gasteiger partial charge in [0.05, 0.1) is 4.90 Å². The van der Waals surface area contributed by atoms with Gasteiger partial charge in [0.2, 0.25) is 5.13 Å². The van der Waals surface area contributed by atoms with Crippen LogP contribution in [-0.2, 0) is 11.0 Å². The second kappa shape index (κ2) is 7.11. The molecule has 4 rings (SSSR count). The first kappa shape index (κ1) is 17.1. The summed E-state index contributed by atoms with van der Waals surface area (Å²) in [5, 5.41) is 2.57. The van der Waals surface area contributed by atoms with Crippen LogP contribution in [0.15, 0.2) is 65.8 Å². The van der Waals surface area contributed by atoms with Crippen molar-refractivity contribution in [2.75, 3.05) is 4.72 Å². The summed E-state index contributed by atoms with van der Waals surface area (Å²) in [6, 6.07) is 15.6. The molecule has 1 unspecified atom stereocenters. The minimum atomic E-state index is -1.46. The lowest BCUT2D eigenvalue weighted by Gasteiger charge is -2.10. The number of halogens is 2. The number of nitrogens with one attached hydrogen (secondary N) is 1. The number of hydrogen-bond donors (Lipinski definition) is 1. The summed E-state index contributed by atoms with van der Waals surface area (Å²) in [7, 11) is -1.46. The summed E-state index contributed by atoms with van der Waals surface area (Å²) in [6.45, 7) is 0. The van der Waals surface area contributed by atoms with E-state index in [1.807, 2.05) is 30.3 Å². The SMILES string of the molecule is O=S(Nc1ncns1)c1ccc2c(-c3ccc(Cl)cc3F)cccc2c1. The van der Waals surface area contributed by atoms with E-state index in [1.165, 1.54) is 12.4 Å². The van der Waals surface area contributed by atoms with Gasteiger partial charge in [-0.2, -0.15) is 4.37 Å². The highest BCUT2D eigenvalue weighted by Gasteiger charge is 2.12. The van der Waals surface area contributed by atoms with Gasteiger partial charge in [-0.3, -0.25) is 4.72 Å². The fourth-order valence-electron chi connectivity index (χ4n) is 2.68. The minimum absolute atomic E-state index is 0.354. The Morgan fingerprint density at radius 1 is 1.08 bits per heavy atom. The molecule has 0 fully saturated rings. The van der Waals surface area contributed by atoms with Crippen molar-refractivity contribution in [3.05, 3.63) is 71.8 Å². The zero-order chi connectivity index (χ0) is 18.1. The topological polar surface area (TPSA) is 54.9 Å². The van der Waals surface area contributed by atoms with E-state index >= 15 is 0 Å². The second-order valence-electron chi connectivity index (χ2n) is 5.43. The smallest absolute Gasteiger partial charge is 0.214 e. The molecule has 1 N–H and O–H groups in total. The summed E-state index contributed by atoms with van der Waals surface area (Å²) >= 11 is 6.98. The van der Waals surface area contributed by atoms with Gasteiger partial charge in [0.25, 0.3) is 0 Å². The fourth-order valence-corrected chi connectivity index (χ4v) is 4.25. The molecule has 1 atom stereocenters. The molecule has 1 aromatic heterocycles. The molecule has 0 saturated carbocycles. The maximum atomic E-state index is 14.3. The molecule has 4 nitrogen and oxygen atoms in total. The standard InChI is InChI=1S/C18H11ClFN3OS2/c19-12-4-6-16(17(20)9-12)15-3-1-2-11-8-13(5-7-14(11)15)26(24)23-18-21-10-22-25-18/h1-10H,(H,21,22,23). The summed E-state index contributed by atoms with van der Waals surface area (Å²) in [5.41, 5.74) is 1.23. The Labute approximate surface area is 160 Å². The van der Waals surface area contributed by atoms with Crippen LogP contribution in [0.4, 0.5) is 9.52 Å². The molecule has 8 heteroatoms. The molecule has 0 radical (unpaired) electrons. The Balaban J connectivity index is 1.75. The third-order valence-corrected chi connectivity index (χ3v) is 5.83. The van der Waals surface area contributed by atoms with E-state index < -0.39 is 11.0 Å². The number of hydrogen-bond acceptors (Lipinski definition) is 4. The first-order chi connectivity index (χ1) is 12.6. The van der Waals surface area contributed by atoms with Crippen LogP contribution in [-0.4, -0.2) is 13.6 Å². The molecular formula is C18H11ClFN3OS2. The lowest BCUT2D eigenvalue weighted by Crippen LogP contribution is -2.04. The fraction of sp³-hybridized carbons (Fsp3) is 0. The molecule has 0 aliphatic rings. The zero-order valence-corrected chi connectivity index (χ0v) is 15.5. The highest BCUT2D eigenvalue weighted by atomic mass is 35.5. The van der Waals surface area contributed by atoms with Gasteiger partial charge in [-0.15, -0.1) is 0 Å². The van der Waals surface area contributed by atoms with Crippen LogP contribution in [0.2, 0.25) is 5.02 Å². The van der Waals surface area contributed by atoms with Crippen molar-refractivity contribution in [2.45, 2.75) is 4.90 Å².